The molecule has 0 saturated carbocycles. The van der Waals surface area contributed by atoms with Gasteiger partial charge in [0.05, 0.1) is 0 Å². The molecule has 2 aromatic carbocycles. The van der Waals surface area contributed by atoms with Gasteiger partial charge in [-0.05, 0) is 49.1 Å². The second kappa shape index (κ2) is 12.9. The molecule has 0 aliphatic carbocycles. The lowest BCUT2D eigenvalue weighted by Crippen LogP contribution is -2.09. The first-order valence-electron chi connectivity index (χ1n) is 9.12. The zero-order chi connectivity index (χ0) is 20.2. The molecular weight excluding hydrogens is 363 g/mol. The summed E-state index contributed by atoms with van der Waals surface area (Å²) in [4.78, 5) is 0.167. The first kappa shape index (κ1) is 24.6. The van der Waals surface area contributed by atoms with Crippen molar-refractivity contribution in [2.75, 3.05) is 6.66 Å². The van der Waals surface area contributed by atoms with Crippen molar-refractivity contribution in [1.29, 1.82) is 0 Å². The lowest BCUT2D eigenvalue weighted by Gasteiger charge is -2.11. The molecule has 0 aliphatic heterocycles. The number of hydrogen-bond acceptors (Lipinski definition) is 3. The van der Waals surface area contributed by atoms with Crippen molar-refractivity contribution in [2.45, 2.75) is 58.5 Å². The zero-order valence-corrected chi connectivity index (χ0v) is 18.9. The molecule has 2 rings (SSSR count). The maximum absolute atomic E-state index is 12.2. The Bertz CT molecular complexity index is 708. The molecule has 2 aromatic rings. The average Bonchev–Trinajstić information content (AvgIpc) is 2.64. The zero-order valence-electron chi connectivity index (χ0n) is 17.0. The average molecular weight is 397 g/mol. The summed E-state index contributed by atoms with van der Waals surface area (Å²) in [6.07, 6.45) is 1.25. The topological polar surface area (TPSA) is 43.4 Å². The monoisotopic (exact) mass is 396 g/mol. The van der Waals surface area contributed by atoms with E-state index in [1.165, 1.54) is 12.0 Å². The SMILES string of the molecule is CC.CCC.CPC(C)c1ccc(OS(=O)(=O)c2ccc(C)cc2)cc1. The van der Waals surface area contributed by atoms with Crippen molar-refractivity contribution in [1.82, 2.24) is 0 Å². The number of rotatable bonds is 5. The minimum atomic E-state index is -3.77. The van der Waals surface area contributed by atoms with E-state index in [0.29, 0.717) is 11.4 Å². The van der Waals surface area contributed by atoms with E-state index in [1.807, 2.05) is 32.9 Å². The van der Waals surface area contributed by atoms with Gasteiger partial charge in [0.1, 0.15) is 10.6 Å². The van der Waals surface area contributed by atoms with Crippen LogP contribution in [0.4, 0.5) is 0 Å². The molecule has 0 heterocycles. The molecular formula is C21H33O3PS. The van der Waals surface area contributed by atoms with Crippen LogP contribution < -0.4 is 4.18 Å². The highest BCUT2D eigenvalue weighted by atomic mass is 32.2. The summed E-state index contributed by atoms with van der Waals surface area (Å²) in [5.74, 6) is 0.339. The van der Waals surface area contributed by atoms with Gasteiger partial charge in [0.15, 0.2) is 0 Å². The molecule has 0 aliphatic rings. The van der Waals surface area contributed by atoms with E-state index < -0.39 is 10.1 Å². The van der Waals surface area contributed by atoms with E-state index in [-0.39, 0.29) is 4.90 Å². The molecule has 0 radical (unpaired) electrons. The molecule has 0 spiro atoms. The fraction of sp³-hybridized carbons (Fsp3) is 0.429. The molecule has 0 amide bonds. The van der Waals surface area contributed by atoms with Crippen LogP contribution >= 0.6 is 8.58 Å². The summed E-state index contributed by atoms with van der Waals surface area (Å²) in [5, 5.41) is 0. The molecule has 0 bridgehead atoms. The molecule has 0 N–H and O–H groups in total. The Morgan fingerprint density at radius 3 is 1.85 bits per heavy atom. The minimum Gasteiger partial charge on any atom is -0.379 e. The number of hydrogen-bond donors (Lipinski definition) is 0. The van der Waals surface area contributed by atoms with Gasteiger partial charge in [0, 0.05) is 0 Å². The van der Waals surface area contributed by atoms with Gasteiger partial charge in [-0.1, -0.05) is 70.9 Å². The molecule has 0 saturated heterocycles. The lowest BCUT2D eigenvalue weighted by atomic mass is 10.2. The predicted molar refractivity (Wildman–Crippen MR) is 115 cm³/mol. The van der Waals surface area contributed by atoms with Gasteiger partial charge in [0.2, 0.25) is 0 Å². The van der Waals surface area contributed by atoms with Crippen molar-refractivity contribution < 1.29 is 12.6 Å². The quantitative estimate of drug-likeness (QED) is 0.424. The highest BCUT2D eigenvalue weighted by Crippen LogP contribution is 2.32. The second-order valence-electron chi connectivity index (χ2n) is 5.64. The van der Waals surface area contributed by atoms with Crippen LogP contribution in [0.2, 0.25) is 0 Å². The van der Waals surface area contributed by atoms with Crippen LogP contribution in [0, 0.1) is 6.92 Å². The Labute approximate surface area is 162 Å². The van der Waals surface area contributed by atoms with Gasteiger partial charge in [-0.2, -0.15) is 8.42 Å². The minimum absolute atomic E-state index is 0.167. The van der Waals surface area contributed by atoms with E-state index in [9.17, 15) is 8.42 Å². The summed E-state index contributed by atoms with van der Waals surface area (Å²) < 4.78 is 29.5. The fourth-order valence-corrected chi connectivity index (χ4v) is 3.31. The van der Waals surface area contributed by atoms with Gasteiger partial charge in [-0.15, -0.1) is 8.58 Å². The standard InChI is InChI=1S/C16H19O3PS.C3H8.C2H6/c1-12-4-10-16(11-5-12)21(17,18)19-15-8-6-14(7-9-15)13(2)20-3;1-3-2;1-2/h4-11,13,20H,1-3H3;3H2,1-2H3;1-2H3. The molecule has 146 valence electrons. The Hall–Kier alpha value is -1.38. The molecule has 0 fully saturated rings. The smallest absolute Gasteiger partial charge is 0.339 e. The van der Waals surface area contributed by atoms with E-state index in [1.54, 1.807) is 36.4 Å². The summed E-state index contributed by atoms with van der Waals surface area (Å²) in [7, 11) is -2.95. The third kappa shape index (κ3) is 8.33. The van der Waals surface area contributed by atoms with Crippen LogP contribution in [-0.2, 0) is 10.1 Å². The first-order chi connectivity index (χ1) is 12.3. The fourth-order valence-electron chi connectivity index (χ4n) is 1.86. The maximum Gasteiger partial charge on any atom is 0.339 e. The van der Waals surface area contributed by atoms with E-state index in [4.69, 9.17) is 4.18 Å². The first-order valence-corrected chi connectivity index (χ1v) is 12.1. The summed E-state index contributed by atoms with van der Waals surface area (Å²) in [6, 6.07) is 13.9. The van der Waals surface area contributed by atoms with Crippen LogP contribution in [0.5, 0.6) is 5.75 Å². The van der Waals surface area contributed by atoms with E-state index in [0.717, 1.165) is 14.1 Å². The van der Waals surface area contributed by atoms with Gasteiger partial charge >= 0.3 is 10.1 Å². The number of benzene rings is 2. The molecule has 5 heteroatoms. The van der Waals surface area contributed by atoms with Crippen molar-refractivity contribution >= 4 is 18.7 Å². The largest absolute Gasteiger partial charge is 0.379 e. The molecule has 2 atom stereocenters. The van der Waals surface area contributed by atoms with Gasteiger partial charge in [0.25, 0.3) is 0 Å². The molecule has 26 heavy (non-hydrogen) atoms. The third-order valence-electron chi connectivity index (χ3n) is 3.33. The molecule has 3 nitrogen and oxygen atoms in total. The lowest BCUT2D eigenvalue weighted by molar-refractivity contribution is 0.486. The molecule has 2 unspecified atom stereocenters. The predicted octanol–water partition coefficient (Wildman–Crippen LogP) is 6.57. The summed E-state index contributed by atoms with van der Waals surface area (Å²) in [6.45, 7) is 14.5. The van der Waals surface area contributed by atoms with E-state index in [2.05, 4.69) is 27.4 Å². The maximum atomic E-state index is 12.2. The van der Waals surface area contributed by atoms with Crippen molar-refractivity contribution in [3.05, 3.63) is 59.7 Å². The highest BCUT2D eigenvalue weighted by molar-refractivity contribution is 7.87. The highest BCUT2D eigenvalue weighted by Gasteiger charge is 2.16. The molecule has 0 aromatic heterocycles. The van der Waals surface area contributed by atoms with Crippen LogP contribution in [-0.4, -0.2) is 15.1 Å². The van der Waals surface area contributed by atoms with Gasteiger partial charge in [-0.3, -0.25) is 0 Å². The summed E-state index contributed by atoms with van der Waals surface area (Å²) >= 11 is 0. The van der Waals surface area contributed by atoms with E-state index >= 15 is 0 Å². The van der Waals surface area contributed by atoms with Gasteiger partial charge < -0.3 is 4.18 Å². The Balaban J connectivity index is 0.00000113. The van der Waals surface area contributed by atoms with Crippen molar-refractivity contribution in [3.8, 4) is 5.75 Å². The van der Waals surface area contributed by atoms with Gasteiger partial charge in [-0.25, -0.2) is 0 Å². The van der Waals surface area contributed by atoms with Crippen molar-refractivity contribution in [3.63, 3.8) is 0 Å². The van der Waals surface area contributed by atoms with Crippen LogP contribution in [0.15, 0.2) is 53.4 Å². The van der Waals surface area contributed by atoms with Crippen LogP contribution in [0.25, 0.3) is 0 Å². The third-order valence-corrected chi connectivity index (χ3v) is 5.79. The van der Waals surface area contributed by atoms with Crippen molar-refractivity contribution in [2.24, 2.45) is 0 Å². The Morgan fingerprint density at radius 1 is 0.962 bits per heavy atom. The number of aryl methyl sites for hydroxylation is 1. The Morgan fingerprint density at radius 2 is 1.42 bits per heavy atom. The van der Waals surface area contributed by atoms with Crippen LogP contribution in [0.3, 0.4) is 0 Å². The second-order valence-corrected chi connectivity index (χ2v) is 8.63. The normalized spacial score (nSPS) is 11.8. The summed E-state index contributed by atoms with van der Waals surface area (Å²) in [5.41, 5.74) is 2.68. The Kier molecular flexibility index (Phi) is 12.2. The van der Waals surface area contributed by atoms with Crippen LogP contribution in [0.1, 0.15) is 57.8 Å².